The highest BCUT2D eigenvalue weighted by molar-refractivity contribution is 5.94. The van der Waals surface area contributed by atoms with Crippen LogP contribution in [0.1, 0.15) is 22.8 Å². The quantitative estimate of drug-likeness (QED) is 0.187. The maximum Gasteiger partial charge on any atom is 0.199 e. The number of benzene rings is 1. The number of fused-ring (bicyclic) bond motifs is 8. The first-order chi connectivity index (χ1) is 18.6. The summed E-state index contributed by atoms with van der Waals surface area (Å²) < 4.78 is 0. The van der Waals surface area contributed by atoms with Crippen molar-refractivity contribution in [3.63, 3.8) is 0 Å². The zero-order chi connectivity index (χ0) is 26.2. The van der Waals surface area contributed by atoms with E-state index in [-0.39, 0.29) is 17.2 Å². The summed E-state index contributed by atoms with van der Waals surface area (Å²) in [6.07, 6.45) is 7.07. The molecule has 190 valence electrons. The van der Waals surface area contributed by atoms with Gasteiger partial charge in [0, 0.05) is 11.6 Å². The van der Waals surface area contributed by atoms with Crippen molar-refractivity contribution in [2.45, 2.75) is 0 Å². The molecule has 3 aromatic heterocycles. The molecule has 4 aromatic rings. The predicted molar refractivity (Wildman–Crippen MR) is 144 cm³/mol. The molecule has 0 saturated heterocycles. The fraction of sp³-hybridized carbons (Fsp3) is 0. The number of nitrogens with zero attached hydrogens (tertiary/aromatic N) is 2. The molecule has 0 atom stereocenters. The maximum absolute atomic E-state index is 5.71. The fourth-order valence-corrected chi connectivity index (χ4v) is 4.55. The van der Waals surface area contributed by atoms with Crippen LogP contribution in [0.2, 0.25) is 0 Å². The second kappa shape index (κ2) is 9.38. The molecule has 0 fully saturated rings. The molecular weight excluding hydrogens is 488 g/mol. The Balaban J connectivity index is 1.85. The van der Waals surface area contributed by atoms with Gasteiger partial charge in [-0.05, 0) is 42.0 Å². The number of aromatic nitrogens is 4. The van der Waals surface area contributed by atoms with Crippen molar-refractivity contribution in [2.75, 3.05) is 0 Å². The monoisotopic (exact) mass is 510 g/mol. The zero-order valence-electron chi connectivity index (χ0n) is 19.8. The number of hydrogen-bond donors (Lipinski definition) is 6. The van der Waals surface area contributed by atoms with Gasteiger partial charge in [-0.2, -0.15) is 23.6 Å². The minimum atomic E-state index is 0.189. The zero-order valence-corrected chi connectivity index (χ0v) is 19.8. The van der Waals surface area contributed by atoms with Crippen LogP contribution in [0, 0.1) is 0 Å². The third-order valence-electron chi connectivity index (χ3n) is 6.23. The molecule has 6 rings (SSSR count). The van der Waals surface area contributed by atoms with Gasteiger partial charge >= 0.3 is 0 Å². The van der Waals surface area contributed by atoms with Crippen molar-refractivity contribution in [1.82, 2.24) is 19.9 Å². The molecule has 12 heteroatoms. The largest absolute Gasteiger partial charge is 0.409 e. The molecule has 0 amide bonds. The normalized spacial score (nSPS) is 12.0. The average Bonchev–Trinajstić information content (AvgIpc) is 3.75. The molecule has 2 aliphatic heterocycles. The van der Waals surface area contributed by atoms with Crippen molar-refractivity contribution < 1.29 is 19.4 Å². The molecule has 5 heterocycles. The number of nitrogens with one attached hydrogen (secondary N) is 2. The molecule has 10 N–H and O–H groups in total. The van der Waals surface area contributed by atoms with E-state index < -0.39 is 0 Å². The van der Waals surface area contributed by atoms with Gasteiger partial charge in [-0.3, -0.25) is 0 Å². The highest BCUT2D eigenvalue weighted by Crippen LogP contribution is 2.38. The first-order valence-corrected chi connectivity index (χ1v) is 11.4. The number of hydrogen-bond acceptors (Lipinski definition) is 10. The van der Waals surface area contributed by atoms with Crippen molar-refractivity contribution in [2.24, 2.45) is 23.6 Å². The molecule has 2 aliphatic rings. The van der Waals surface area contributed by atoms with Crippen LogP contribution in [-0.2, 0) is 0 Å². The van der Waals surface area contributed by atoms with Crippen molar-refractivity contribution in [1.29, 1.82) is 0 Å². The Morgan fingerprint density at radius 1 is 0.553 bits per heavy atom. The Hall–Kier alpha value is -5.14. The van der Waals surface area contributed by atoms with Gasteiger partial charge in [-0.1, -0.05) is 30.3 Å². The summed E-state index contributed by atoms with van der Waals surface area (Å²) in [4.78, 5) is 36.9. The number of aromatic amines is 2. The van der Waals surface area contributed by atoms with Crippen molar-refractivity contribution in [3.8, 4) is 34.1 Å². The Morgan fingerprint density at radius 2 is 1.11 bits per heavy atom. The third kappa shape index (κ3) is 3.73. The Kier molecular flexibility index (Phi) is 5.75. The number of H-pyrrole nitrogens is 2. The lowest BCUT2D eigenvalue weighted by Crippen LogP contribution is -2.06. The second-order valence-electron chi connectivity index (χ2n) is 8.34. The number of nitrogens with two attached hydrogens (primary N) is 4. The molecule has 1 aromatic carbocycles. The summed E-state index contributed by atoms with van der Waals surface area (Å²) in [5.41, 5.74) is 5.68. The highest BCUT2D eigenvalue weighted by Gasteiger charge is 2.20. The summed E-state index contributed by atoms with van der Waals surface area (Å²) in [5.74, 6) is 23.7. The lowest BCUT2D eigenvalue weighted by Gasteiger charge is -2.04. The lowest BCUT2D eigenvalue weighted by molar-refractivity contribution is 0.324. The standard InChI is InChI=1S/C26H22N8O4/c27-35-21-12-20-22(13-4-2-1-3-5-13)14-6-7-15(31-14)24(36-28)16-8-9-17(32-16)25(37-29)18-10-11-19(33-18)26(38-30)23(21)34-20/h1-12,32,34H,27-30H2. The third-order valence-corrected chi connectivity index (χ3v) is 6.23. The first-order valence-electron chi connectivity index (χ1n) is 11.4. The fourth-order valence-electron chi connectivity index (χ4n) is 4.55. The second-order valence-corrected chi connectivity index (χ2v) is 8.34. The van der Waals surface area contributed by atoms with E-state index in [1.165, 1.54) is 0 Å². The van der Waals surface area contributed by atoms with Crippen LogP contribution in [0.15, 0.2) is 48.5 Å². The summed E-state index contributed by atoms with van der Waals surface area (Å²) >= 11 is 0. The van der Waals surface area contributed by atoms with Crippen molar-refractivity contribution in [3.05, 3.63) is 71.3 Å². The Morgan fingerprint density at radius 3 is 1.68 bits per heavy atom. The summed E-state index contributed by atoms with van der Waals surface area (Å²) in [5, 5.41) is 0. The summed E-state index contributed by atoms with van der Waals surface area (Å²) in [6, 6.07) is 15.0. The van der Waals surface area contributed by atoms with Gasteiger partial charge in [0.1, 0.15) is 22.6 Å². The molecule has 0 aliphatic carbocycles. The van der Waals surface area contributed by atoms with Crippen LogP contribution >= 0.6 is 0 Å². The van der Waals surface area contributed by atoms with E-state index >= 15 is 0 Å². The van der Waals surface area contributed by atoms with E-state index in [0.717, 1.165) is 11.1 Å². The van der Waals surface area contributed by atoms with E-state index in [2.05, 4.69) is 15.0 Å². The summed E-state index contributed by atoms with van der Waals surface area (Å²) in [7, 11) is 0. The molecular formula is C26H22N8O4. The van der Waals surface area contributed by atoms with Crippen LogP contribution in [0.3, 0.4) is 0 Å². The van der Waals surface area contributed by atoms with E-state index in [4.69, 9.17) is 47.9 Å². The number of rotatable bonds is 5. The van der Waals surface area contributed by atoms with E-state index in [1.54, 1.807) is 36.4 Å². The summed E-state index contributed by atoms with van der Waals surface area (Å²) in [6.45, 7) is 0. The smallest absolute Gasteiger partial charge is 0.199 e. The SMILES string of the molecule is NOc1c2nc(c(-c3ccccc3)c3cc(ON)c([nH]3)c(ON)c3nc(c(ON)c4ccc1[nH]4)C=C3)C=C2. The van der Waals surface area contributed by atoms with Crippen LogP contribution in [0.5, 0.6) is 23.0 Å². The minimum absolute atomic E-state index is 0.189. The van der Waals surface area contributed by atoms with Gasteiger partial charge in [-0.15, -0.1) is 0 Å². The van der Waals surface area contributed by atoms with Gasteiger partial charge in [-0.25, -0.2) is 9.97 Å². The molecule has 38 heavy (non-hydrogen) atoms. The van der Waals surface area contributed by atoms with Gasteiger partial charge in [0.15, 0.2) is 23.0 Å². The topological polar surface area (TPSA) is 198 Å². The van der Waals surface area contributed by atoms with Crippen LogP contribution in [0.4, 0.5) is 0 Å². The Labute approximate surface area is 214 Å². The molecule has 0 unspecified atom stereocenters. The van der Waals surface area contributed by atoms with Crippen LogP contribution in [-0.4, -0.2) is 19.9 Å². The van der Waals surface area contributed by atoms with E-state index in [0.29, 0.717) is 50.6 Å². The van der Waals surface area contributed by atoms with Gasteiger partial charge in [0.25, 0.3) is 0 Å². The predicted octanol–water partition coefficient (Wildman–Crippen LogP) is 3.33. The molecule has 8 bridgehead atoms. The highest BCUT2D eigenvalue weighted by atomic mass is 16.6. The van der Waals surface area contributed by atoms with E-state index in [9.17, 15) is 0 Å². The average molecular weight is 511 g/mol. The van der Waals surface area contributed by atoms with Gasteiger partial charge < -0.3 is 29.3 Å². The van der Waals surface area contributed by atoms with Gasteiger partial charge in [0.05, 0.1) is 22.2 Å². The first kappa shape index (κ1) is 23.3. The van der Waals surface area contributed by atoms with Crippen molar-refractivity contribution >= 4 is 46.4 Å². The molecule has 0 radical (unpaired) electrons. The Bertz CT molecular complexity index is 1770. The van der Waals surface area contributed by atoms with Crippen LogP contribution < -0.4 is 42.9 Å². The molecule has 0 spiro atoms. The minimum Gasteiger partial charge on any atom is -0.409 e. The molecule has 12 nitrogen and oxygen atoms in total. The lowest BCUT2D eigenvalue weighted by atomic mass is 10.0. The van der Waals surface area contributed by atoms with Crippen LogP contribution in [0.25, 0.3) is 57.5 Å². The van der Waals surface area contributed by atoms with E-state index in [1.807, 2.05) is 36.4 Å². The molecule has 0 saturated carbocycles. The maximum atomic E-state index is 5.71. The van der Waals surface area contributed by atoms with Gasteiger partial charge in [0.2, 0.25) is 0 Å².